The number of hydrogen-bond acceptors (Lipinski definition) is 4. The molecule has 4 nitrogen and oxygen atoms in total. The summed E-state index contributed by atoms with van der Waals surface area (Å²) in [5.41, 5.74) is 3.62. The van der Waals surface area contributed by atoms with E-state index in [1.54, 1.807) is 7.11 Å². The highest BCUT2D eigenvalue weighted by Gasteiger charge is 2.22. The van der Waals surface area contributed by atoms with Crippen molar-refractivity contribution in [2.24, 2.45) is 0 Å². The molecule has 0 aliphatic carbocycles. The molecule has 0 bridgehead atoms. The van der Waals surface area contributed by atoms with Crippen molar-refractivity contribution in [2.75, 3.05) is 39.9 Å². The van der Waals surface area contributed by atoms with Gasteiger partial charge in [-0.05, 0) is 37.0 Å². The van der Waals surface area contributed by atoms with Crippen molar-refractivity contribution in [3.05, 3.63) is 28.8 Å². The van der Waals surface area contributed by atoms with Gasteiger partial charge in [-0.25, -0.2) is 0 Å². The van der Waals surface area contributed by atoms with Crippen molar-refractivity contribution >= 4 is 12.4 Å². The Kier molecular flexibility index (Phi) is 7.46. The topological polar surface area (TPSA) is 44.7 Å². The van der Waals surface area contributed by atoms with Crippen LogP contribution in [0.2, 0.25) is 0 Å². The summed E-state index contributed by atoms with van der Waals surface area (Å²) in [7, 11) is 1.72. The van der Waals surface area contributed by atoms with E-state index in [1.165, 1.54) is 16.7 Å². The summed E-state index contributed by atoms with van der Waals surface area (Å²) < 4.78 is 5.44. The number of benzene rings is 1. The zero-order valence-corrected chi connectivity index (χ0v) is 14.0. The molecular formula is C16H27ClN2O2. The number of nitrogens with zero attached hydrogens (tertiary/aromatic N) is 1. The largest absolute Gasteiger partial charge is 0.496 e. The van der Waals surface area contributed by atoms with Crippen LogP contribution in [-0.4, -0.2) is 49.9 Å². The molecule has 1 fully saturated rings. The Labute approximate surface area is 133 Å². The summed E-state index contributed by atoms with van der Waals surface area (Å²) >= 11 is 0. The van der Waals surface area contributed by atoms with Crippen LogP contribution in [0.3, 0.4) is 0 Å². The van der Waals surface area contributed by atoms with Crippen molar-refractivity contribution in [3.8, 4) is 5.75 Å². The van der Waals surface area contributed by atoms with Gasteiger partial charge >= 0.3 is 0 Å². The minimum atomic E-state index is 0. The number of hydrogen-bond donors (Lipinski definition) is 2. The molecule has 1 atom stereocenters. The molecular weight excluding hydrogens is 288 g/mol. The molecule has 1 aromatic rings. The molecule has 21 heavy (non-hydrogen) atoms. The van der Waals surface area contributed by atoms with E-state index in [0.717, 1.165) is 38.3 Å². The molecule has 5 heteroatoms. The second-order valence-electron chi connectivity index (χ2n) is 5.50. The molecule has 1 saturated heterocycles. The molecule has 1 aliphatic rings. The van der Waals surface area contributed by atoms with Crippen molar-refractivity contribution in [1.82, 2.24) is 10.2 Å². The Hall–Kier alpha value is -0.810. The first-order valence-electron chi connectivity index (χ1n) is 7.38. The first kappa shape index (κ1) is 18.2. The minimum absolute atomic E-state index is 0. The summed E-state index contributed by atoms with van der Waals surface area (Å²) in [5.74, 6) is 0.969. The summed E-state index contributed by atoms with van der Waals surface area (Å²) in [6.45, 7) is 8.51. The van der Waals surface area contributed by atoms with Crippen LogP contribution in [0, 0.1) is 13.8 Å². The van der Waals surface area contributed by atoms with Gasteiger partial charge in [0.05, 0.1) is 7.11 Å². The maximum Gasteiger partial charge on any atom is 0.124 e. The van der Waals surface area contributed by atoms with Gasteiger partial charge in [0, 0.05) is 38.8 Å². The third-order valence-electron chi connectivity index (χ3n) is 4.07. The molecule has 1 heterocycles. The van der Waals surface area contributed by atoms with Crippen LogP contribution in [0.5, 0.6) is 5.75 Å². The lowest BCUT2D eigenvalue weighted by Crippen LogP contribution is -2.45. The molecule has 0 amide bonds. The maximum atomic E-state index is 9.40. The second-order valence-corrected chi connectivity index (χ2v) is 5.50. The number of ether oxygens (including phenoxy) is 1. The van der Waals surface area contributed by atoms with E-state index in [1.807, 2.05) is 0 Å². The lowest BCUT2D eigenvalue weighted by Gasteiger charge is -2.35. The first-order valence-corrected chi connectivity index (χ1v) is 7.38. The van der Waals surface area contributed by atoms with Crippen LogP contribution in [0.15, 0.2) is 12.1 Å². The molecule has 120 valence electrons. The summed E-state index contributed by atoms with van der Waals surface area (Å²) in [6.07, 6.45) is 0.783. The maximum absolute atomic E-state index is 9.40. The molecule has 1 aliphatic heterocycles. The number of aryl methyl sites for hydroxylation is 2. The van der Waals surface area contributed by atoms with Gasteiger partial charge in [-0.2, -0.15) is 0 Å². The smallest absolute Gasteiger partial charge is 0.124 e. The number of methoxy groups -OCH3 is 1. The number of piperazine rings is 1. The normalized spacial score (nSPS) is 17.1. The molecule has 0 radical (unpaired) electrons. The molecule has 0 aromatic heterocycles. The molecule has 1 aromatic carbocycles. The summed E-state index contributed by atoms with van der Waals surface area (Å²) in [6, 6.07) is 4.70. The SMILES string of the molecule is COc1c(C)cc([C@H](CCO)N2CCNCC2)cc1C.Cl. The van der Waals surface area contributed by atoms with Crippen LogP contribution in [-0.2, 0) is 0 Å². The minimum Gasteiger partial charge on any atom is -0.496 e. The van der Waals surface area contributed by atoms with Crippen LogP contribution in [0.25, 0.3) is 0 Å². The van der Waals surface area contributed by atoms with Crippen LogP contribution >= 0.6 is 12.4 Å². The Morgan fingerprint density at radius 2 is 1.81 bits per heavy atom. The van der Waals surface area contributed by atoms with Gasteiger partial charge in [0.1, 0.15) is 5.75 Å². The van der Waals surface area contributed by atoms with Gasteiger partial charge < -0.3 is 15.2 Å². The van der Waals surface area contributed by atoms with Gasteiger partial charge in [0.2, 0.25) is 0 Å². The van der Waals surface area contributed by atoms with E-state index in [9.17, 15) is 5.11 Å². The standard InChI is InChI=1S/C16H26N2O2.ClH/c1-12-10-14(11-13(2)16(12)20-3)15(4-9-19)18-7-5-17-6-8-18;/h10-11,15,17,19H,4-9H2,1-3H3;1H/t15-;/m0./s1. The van der Waals surface area contributed by atoms with Crippen LogP contribution < -0.4 is 10.1 Å². The van der Waals surface area contributed by atoms with Crippen molar-refractivity contribution in [3.63, 3.8) is 0 Å². The third kappa shape index (κ3) is 4.33. The second kappa shape index (κ2) is 8.59. The first-order chi connectivity index (χ1) is 9.67. The molecule has 0 saturated carbocycles. The van der Waals surface area contributed by atoms with Crippen LogP contribution in [0.1, 0.15) is 29.2 Å². The third-order valence-corrected chi connectivity index (χ3v) is 4.07. The highest BCUT2D eigenvalue weighted by molar-refractivity contribution is 5.85. The quantitative estimate of drug-likeness (QED) is 0.873. The monoisotopic (exact) mass is 314 g/mol. The number of rotatable bonds is 5. The lowest BCUT2D eigenvalue weighted by molar-refractivity contribution is 0.141. The fraction of sp³-hybridized carbons (Fsp3) is 0.625. The zero-order valence-electron chi connectivity index (χ0n) is 13.2. The number of halogens is 1. The van der Waals surface area contributed by atoms with Crippen molar-refractivity contribution in [1.29, 1.82) is 0 Å². The highest BCUT2D eigenvalue weighted by Crippen LogP contribution is 2.31. The van der Waals surface area contributed by atoms with E-state index in [2.05, 4.69) is 36.2 Å². The number of aliphatic hydroxyl groups is 1. The van der Waals surface area contributed by atoms with E-state index < -0.39 is 0 Å². The van der Waals surface area contributed by atoms with Gasteiger partial charge in [-0.15, -0.1) is 12.4 Å². The lowest BCUT2D eigenvalue weighted by atomic mass is 9.96. The van der Waals surface area contributed by atoms with E-state index in [4.69, 9.17) is 4.74 Å². The van der Waals surface area contributed by atoms with E-state index >= 15 is 0 Å². The average Bonchev–Trinajstić information content (AvgIpc) is 2.45. The van der Waals surface area contributed by atoms with Gasteiger partial charge in [-0.3, -0.25) is 4.90 Å². The molecule has 0 spiro atoms. The zero-order chi connectivity index (χ0) is 14.5. The average molecular weight is 315 g/mol. The van der Waals surface area contributed by atoms with E-state index in [-0.39, 0.29) is 19.0 Å². The van der Waals surface area contributed by atoms with Crippen LogP contribution in [0.4, 0.5) is 0 Å². The van der Waals surface area contributed by atoms with E-state index in [0.29, 0.717) is 6.04 Å². The van der Waals surface area contributed by atoms with Gasteiger partial charge in [-0.1, -0.05) is 12.1 Å². The summed E-state index contributed by atoms with van der Waals surface area (Å²) in [4.78, 5) is 2.47. The number of aliphatic hydroxyl groups excluding tert-OH is 1. The number of nitrogens with one attached hydrogen (secondary N) is 1. The predicted octanol–water partition coefficient (Wildman–Crippen LogP) is 2.06. The molecule has 2 N–H and O–H groups in total. The van der Waals surface area contributed by atoms with Gasteiger partial charge in [0.25, 0.3) is 0 Å². The Morgan fingerprint density at radius 3 is 2.29 bits per heavy atom. The van der Waals surface area contributed by atoms with Gasteiger partial charge in [0.15, 0.2) is 0 Å². The molecule has 0 unspecified atom stereocenters. The summed E-state index contributed by atoms with van der Waals surface area (Å²) in [5, 5.41) is 12.8. The molecule has 2 rings (SSSR count). The fourth-order valence-corrected chi connectivity index (χ4v) is 3.17. The van der Waals surface area contributed by atoms with Crippen molar-refractivity contribution in [2.45, 2.75) is 26.3 Å². The Bertz CT molecular complexity index is 425. The van der Waals surface area contributed by atoms with Crippen molar-refractivity contribution < 1.29 is 9.84 Å². The predicted molar refractivity (Wildman–Crippen MR) is 88.6 cm³/mol. The highest BCUT2D eigenvalue weighted by atomic mass is 35.5. The fourth-order valence-electron chi connectivity index (χ4n) is 3.17. The Morgan fingerprint density at radius 1 is 1.24 bits per heavy atom. The Balaban J connectivity index is 0.00000220.